The first-order valence-corrected chi connectivity index (χ1v) is 10.9. The molecule has 1 aliphatic rings. The maximum absolute atomic E-state index is 12.1. The first kappa shape index (κ1) is 19.5. The van der Waals surface area contributed by atoms with Crippen molar-refractivity contribution < 1.29 is 14.3 Å². The zero-order valence-electron chi connectivity index (χ0n) is 13.6. The van der Waals surface area contributed by atoms with Crippen LogP contribution in [0.15, 0.2) is 24.3 Å². The number of carbonyl (C=O) groups is 2. The standard InChI is InChI=1S/C17H22ClNO3S2/c1-12(17(21)19-15-8-4-3-7-14(15)18)22-16(20)9-5-2-6-13-10-11-23-24-13/h3-4,7-8,12-13H,2,5-6,9-11H2,1H3,(H,19,21)/t12-,13+/m0/s1. The average Bonchev–Trinajstić information content (AvgIpc) is 3.07. The van der Waals surface area contributed by atoms with Gasteiger partial charge < -0.3 is 10.1 Å². The molecule has 0 saturated carbocycles. The van der Waals surface area contributed by atoms with Crippen LogP contribution in [0.3, 0.4) is 0 Å². The lowest BCUT2D eigenvalue weighted by molar-refractivity contribution is -0.153. The lowest BCUT2D eigenvalue weighted by atomic mass is 10.1. The highest BCUT2D eigenvalue weighted by Crippen LogP contribution is 2.39. The summed E-state index contributed by atoms with van der Waals surface area (Å²) in [4.78, 5) is 23.9. The Morgan fingerprint density at radius 2 is 2.17 bits per heavy atom. The quantitative estimate of drug-likeness (QED) is 0.389. The van der Waals surface area contributed by atoms with E-state index in [1.54, 1.807) is 31.2 Å². The van der Waals surface area contributed by atoms with Crippen molar-refractivity contribution in [2.45, 2.75) is 50.4 Å². The third-order valence-corrected chi connectivity index (χ3v) is 7.03. The van der Waals surface area contributed by atoms with Gasteiger partial charge >= 0.3 is 5.97 Å². The molecule has 7 heteroatoms. The number of para-hydroxylation sites is 1. The molecule has 1 N–H and O–H groups in total. The number of amides is 1. The number of carbonyl (C=O) groups excluding carboxylic acids is 2. The van der Waals surface area contributed by atoms with Crippen LogP contribution in [0.2, 0.25) is 5.02 Å². The van der Waals surface area contributed by atoms with E-state index in [2.05, 4.69) is 5.32 Å². The zero-order valence-corrected chi connectivity index (χ0v) is 16.0. The summed E-state index contributed by atoms with van der Waals surface area (Å²) >= 11 is 5.99. The lowest BCUT2D eigenvalue weighted by Crippen LogP contribution is -2.30. The van der Waals surface area contributed by atoms with Crippen LogP contribution in [0, 0.1) is 0 Å². The number of rotatable bonds is 8. The summed E-state index contributed by atoms with van der Waals surface area (Å²) in [6, 6.07) is 6.95. The highest BCUT2D eigenvalue weighted by Gasteiger charge is 2.19. The topological polar surface area (TPSA) is 55.4 Å². The number of hydrogen-bond acceptors (Lipinski definition) is 5. The normalized spacial score (nSPS) is 18.2. The molecule has 0 bridgehead atoms. The number of ether oxygens (including phenoxy) is 1. The van der Waals surface area contributed by atoms with Crippen LogP contribution in [-0.2, 0) is 14.3 Å². The SMILES string of the molecule is C[C@H](OC(=O)CCCC[C@@H]1CCSS1)C(=O)Nc1ccccc1Cl. The molecule has 2 rings (SSSR count). The number of halogens is 1. The van der Waals surface area contributed by atoms with E-state index in [4.69, 9.17) is 16.3 Å². The Morgan fingerprint density at radius 1 is 1.38 bits per heavy atom. The Labute approximate surface area is 155 Å². The number of unbranched alkanes of at least 4 members (excludes halogenated alkanes) is 1. The Kier molecular flexibility index (Phi) is 8.29. The average molecular weight is 388 g/mol. The molecule has 2 atom stereocenters. The monoisotopic (exact) mass is 387 g/mol. The van der Waals surface area contributed by atoms with E-state index in [1.807, 2.05) is 21.6 Å². The van der Waals surface area contributed by atoms with Crippen LogP contribution in [0.25, 0.3) is 0 Å². The van der Waals surface area contributed by atoms with Gasteiger partial charge in [0.1, 0.15) is 0 Å². The molecule has 1 heterocycles. The van der Waals surface area contributed by atoms with E-state index in [0.717, 1.165) is 24.5 Å². The van der Waals surface area contributed by atoms with Crippen LogP contribution in [0.4, 0.5) is 5.69 Å². The molecule has 0 aromatic heterocycles. The predicted molar refractivity (Wildman–Crippen MR) is 103 cm³/mol. The van der Waals surface area contributed by atoms with E-state index in [-0.39, 0.29) is 11.9 Å². The van der Waals surface area contributed by atoms with E-state index < -0.39 is 6.10 Å². The van der Waals surface area contributed by atoms with E-state index in [9.17, 15) is 9.59 Å². The molecule has 1 saturated heterocycles. The summed E-state index contributed by atoms with van der Waals surface area (Å²) in [7, 11) is 3.89. The van der Waals surface area contributed by atoms with Gasteiger partial charge in [-0.1, -0.05) is 51.7 Å². The lowest BCUT2D eigenvalue weighted by Gasteiger charge is -2.14. The van der Waals surface area contributed by atoms with Crippen molar-refractivity contribution in [1.82, 2.24) is 0 Å². The predicted octanol–water partition coefficient (Wildman–Crippen LogP) is 4.92. The van der Waals surface area contributed by atoms with Crippen LogP contribution < -0.4 is 5.32 Å². The molecule has 1 fully saturated rings. The Hall–Kier alpha value is -0.850. The van der Waals surface area contributed by atoms with Crippen LogP contribution in [0.1, 0.15) is 39.0 Å². The van der Waals surface area contributed by atoms with Gasteiger partial charge in [-0.15, -0.1) is 0 Å². The van der Waals surface area contributed by atoms with Gasteiger partial charge in [-0.2, -0.15) is 0 Å². The molecule has 1 aromatic carbocycles. The zero-order chi connectivity index (χ0) is 17.4. The maximum atomic E-state index is 12.1. The van der Waals surface area contributed by atoms with Gasteiger partial charge in [0.25, 0.3) is 5.91 Å². The molecule has 132 valence electrons. The molecule has 0 radical (unpaired) electrons. The van der Waals surface area contributed by atoms with Crippen molar-refractivity contribution in [3.63, 3.8) is 0 Å². The van der Waals surface area contributed by atoms with E-state index in [0.29, 0.717) is 17.1 Å². The first-order valence-electron chi connectivity index (χ1n) is 8.09. The van der Waals surface area contributed by atoms with Gasteiger partial charge in [-0.05, 0) is 38.3 Å². The molecule has 0 aliphatic carbocycles. The fourth-order valence-corrected chi connectivity index (χ4v) is 5.52. The molecule has 0 spiro atoms. The van der Waals surface area contributed by atoms with Gasteiger partial charge in [-0.3, -0.25) is 9.59 Å². The molecule has 24 heavy (non-hydrogen) atoms. The van der Waals surface area contributed by atoms with E-state index in [1.165, 1.54) is 12.2 Å². The molecule has 1 aromatic rings. The van der Waals surface area contributed by atoms with Crippen molar-refractivity contribution in [2.24, 2.45) is 0 Å². The van der Waals surface area contributed by atoms with Gasteiger partial charge in [-0.25, -0.2) is 0 Å². The number of anilines is 1. The van der Waals surface area contributed by atoms with Crippen LogP contribution >= 0.6 is 33.2 Å². The maximum Gasteiger partial charge on any atom is 0.306 e. The highest BCUT2D eigenvalue weighted by atomic mass is 35.5. The summed E-state index contributed by atoms with van der Waals surface area (Å²) in [5.41, 5.74) is 0.513. The third-order valence-electron chi connectivity index (χ3n) is 3.69. The van der Waals surface area contributed by atoms with Crippen molar-refractivity contribution >= 4 is 50.8 Å². The van der Waals surface area contributed by atoms with Crippen molar-refractivity contribution in [1.29, 1.82) is 0 Å². The van der Waals surface area contributed by atoms with Gasteiger partial charge in [0.05, 0.1) is 10.7 Å². The minimum Gasteiger partial charge on any atom is -0.453 e. The van der Waals surface area contributed by atoms with Crippen molar-refractivity contribution in [2.75, 3.05) is 11.1 Å². The highest BCUT2D eigenvalue weighted by molar-refractivity contribution is 8.77. The van der Waals surface area contributed by atoms with Crippen molar-refractivity contribution in [3.8, 4) is 0 Å². The largest absolute Gasteiger partial charge is 0.453 e. The number of nitrogens with one attached hydrogen (secondary N) is 1. The fourth-order valence-electron chi connectivity index (χ4n) is 2.31. The summed E-state index contributed by atoms with van der Waals surface area (Å²) in [5.74, 6) is 0.524. The molecule has 1 amide bonds. The van der Waals surface area contributed by atoms with Gasteiger partial charge in [0.2, 0.25) is 0 Å². The third kappa shape index (κ3) is 6.57. The Balaban J connectivity index is 1.65. The second-order valence-electron chi connectivity index (χ2n) is 5.68. The molecular weight excluding hydrogens is 366 g/mol. The van der Waals surface area contributed by atoms with Crippen LogP contribution in [-0.4, -0.2) is 29.0 Å². The Morgan fingerprint density at radius 3 is 2.88 bits per heavy atom. The molecule has 1 aliphatic heterocycles. The van der Waals surface area contributed by atoms with Gasteiger partial charge in [0, 0.05) is 17.4 Å². The van der Waals surface area contributed by atoms with E-state index >= 15 is 0 Å². The second kappa shape index (κ2) is 10.2. The molecule has 0 unspecified atom stereocenters. The minimum atomic E-state index is -0.837. The van der Waals surface area contributed by atoms with Crippen LogP contribution in [0.5, 0.6) is 0 Å². The number of benzene rings is 1. The second-order valence-corrected chi connectivity index (χ2v) is 8.87. The van der Waals surface area contributed by atoms with Crippen molar-refractivity contribution in [3.05, 3.63) is 29.3 Å². The summed E-state index contributed by atoms with van der Waals surface area (Å²) < 4.78 is 5.19. The molecular formula is C17H22ClNO3S2. The summed E-state index contributed by atoms with van der Waals surface area (Å²) in [6.07, 6.45) is 3.75. The minimum absolute atomic E-state index is 0.328. The summed E-state index contributed by atoms with van der Waals surface area (Å²) in [6.45, 7) is 1.57. The number of hydrogen-bond donors (Lipinski definition) is 1. The Bertz CT molecular complexity index is 565. The summed E-state index contributed by atoms with van der Waals surface area (Å²) in [5, 5.41) is 3.85. The smallest absolute Gasteiger partial charge is 0.306 e. The number of esters is 1. The fraction of sp³-hybridized carbons (Fsp3) is 0.529. The molecule has 4 nitrogen and oxygen atoms in total. The van der Waals surface area contributed by atoms with Gasteiger partial charge in [0.15, 0.2) is 6.10 Å². The first-order chi connectivity index (χ1) is 11.6.